The molecule has 16 heteroatoms. The van der Waals surface area contributed by atoms with Crippen LogP contribution < -0.4 is 0 Å². The van der Waals surface area contributed by atoms with Crippen molar-refractivity contribution >= 4 is 23.9 Å². The minimum atomic E-state index is -1.87. The Morgan fingerprint density at radius 2 is 1.41 bits per heavy atom. The van der Waals surface area contributed by atoms with E-state index in [1.54, 1.807) is 0 Å². The molecule has 16 nitrogen and oxygen atoms in total. The number of rotatable bonds is 12. The van der Waals surface area contributed by atoms with Gasteiger partial charge in [0.2, 0.25) is 0 Å². The van der Waals surface area contributed by atoms with Crippen molar-refractivity contribution in [1.29, 1.82) is 0 Å². The second kappa shape index (κ2) is 15.6. The van der Waals surface area contributed by atoms with Crippen LogP contribution in [0.25, 0.3) is 0 Å². The number of methoxy groups -OCH3 is 1. The average molecular weight is 657 g/mol. The molecule has 3 saturated heterocycles. The molecule has 3 heterocycles. The Morgan fingerprint density at radius 1 is 0.783 bits per heavy atom. The third kappa shape index (κ3) is 8.98. The Balaban J connectivity index is 1.48. The van der Waals surface area contributed by atoms with Crippen molar-refractivity contribution in [3.63, 3.8) is 0 Å². The highest BCUT2D eigenvalue weighted by Crippen LogP contribution is 2.40. The van der Waals surface area contributed by atoms with Crippen molar-refractivity contribution in [3.8, 4) is 0 Å². The summed E-state index contributed by atoms with van der Waals surface area (Å²) in [6.45, 7) is 5.51. The Morgan fingerprint density at radius 3 is 2.02 bits per heavy atom. The van der Waals surface area contributed by atoms with Crippen molar-refractivity contribution in [1.82, 2.24) is 0 Å². The fraction of sp³-hybridized carbons (Fsp3) is 0.667. The second-order valence-electron chi connectivity index (χ2n) is 11.0. The van der Waals surface area contributed by atoms with Gasteiger partial charge in [0.15, 0.2) is 37.0 Å². The van der Waals surface area contributed by atoms with Gasteiger partial charge in [-0.3, -0.25) is 23.9 Å². The summed E-state index contributed by atoms with van der Waals surface area (Å²) in [5, 5.41) is 11.2. The molecule has 0 amide bonds. The number of carbonyl (C=O) groups is 4. The molecule has 1 aromatic carbocycles. The number of carbonyl (C=O) groups excluding carboxylic acids is 4. The van der Waals surface area contributed by atoms with Crippen LogP contribution in [-0.2, 0) is 77.9 Å². The predicted molar refractivity (Wildman–Crippen MR) is 149 cm³/mol. The minimum Gasteiger partial charge on any atom is -0.463 e. The number of benzene rings is 1. The molecule has 1 aromatic rings. The van der Waals surface area contributed by atoms with E-state index in [4.69, 9.17) is 52.1 Å². The van der Waals surface area contributed by atoms with Crippen LogP contribution in [0.1, 0.15) is 40.2 Å². The highest BCUT2D eigenvalue weighted by atomic mass is 16.9. The second-order valence-corrected chi connectivity index (χ2v) is 11.0. The first-order valence-electron chi connectivity index (χ1n) is 14.6. The first-order chi connectivity index (χ1) is 21.8. The number of hydrogen-bond donors (Lipinski definition) is 1. The summed E-state index contributed by atoms with van der Waals surface area (Å²) in [5.74, 6) is -4.56. The Kier molecular flexibility index (Phi) is 12.1. The lowest BCUT2D eigenvalue weighted by molar-refractivity contribution is -0.366. The van der Waals surface area contributed by atoms with Crippen LogP contribution in [0, 0.1) is 0 Å². The predicted octanol–water partition coefficient (Wildman–Crippen LogP) is 0.493. The summed E-state index contributed by atoms with van der Waals surface area (Å²) in [5.41, 5.74) is 0.837. The maximum Gasteiger partial charge on any atom is 0.303 e. The zero-order valence-corrected chi connectivity index (χ0v) is 26.4. The van der Waals surface area contributed by atoms with Crippen LogP contribution in [0.15, 0.2) is 30.3 Å². The van der Waals surface area contributed by atoms with Gasteiger partial charge in [-0.1, -0.05) is 30.3 Å². The standard InChI is InChI=1S/C30H40O16/c1-15(31)37-13-21-23(40-16(2)32)25(42-18(4)34)27-29(44-21)46-30(5,45-27)39-14-20-22(35)24(41-17(3)33)26(28(36-6)43-20)38-12-19-10-8-7-9-11-19/h7-11,20-29,35H,12-14H2,1-6H3/t20-,21-,22-,23-,24+,25+,26-,27-,28+,29-,30+/m1/s1. The van der Waals surface area contributed by atoms with Gasteiger partial charge in [-0.05, 0) is 5.56 Å². The Hall–Kier alpha value is -3.22. The molecule has 0 unspecified atom stereocenters. The number of ether oxygens (including phenoxy) is 11. The third-order valence-electron chi connectivity index (χ3n) is 7.27. The first kappa shape index (κ1) is 35.6. The van der Waals surface area contributed by atoms with E-state index in [0.717, 1.165) is 19.4 Å². The maximum atomic E-state index is 12.0. The molecule has 0 saturated carbocycles. The third-order valence-corrected chi connectivity index (χ3v) is 7.27. The highest BCUT2D eigenvalue weighted by molar-refractivity contribution is 5.68. The fourth-order valence-corrected chi connectivity index (χ4v) is 5.37. The molecular formula is C30H40O16. The lowest BCUT2D eigenvalue weighted by atomic mass is 9.98. The number of fused-ring (bicyclic) bond motifs is 1. The van der Waals surface area contributed by atoms with Gasteiger partial charge in [0.05, 0.1) is 13.2 Å². The van der Waals surface area contributed by atoms with E-state index < -0.39 is 91.3 Å². The largest absolute Gasteiger partial charge is 0.463 e. The van der Waals surface area contributed by atoms with E-state index in [9.17, 15) is 24.3 Å². The molecule has 0 radical (unpaired) electrons. The zero-order valence-electron chi connectivity index (χ0n) is 26.4. The molecule has 11 atom stereocenters. The van der Waals surface area contributed by atoms with Crippen molar-refractivity contribution < 1.29 is 76.4 Å². The number of hydrogen-bond acceptors (Lipinski definition) is 16. The molecule has 3 fully saturated rings. The number of esters is 4. The van der Waals surface area contributed by atoms with E-state index in [0.29, 0.717) is 0 Å². The molecule has 0 aliphatic carbocycles. The zero-order chi connectivity index (χ0) is 33.6. The molecule has 3 aliphatic heterocycles. The van der Waals surface area contributed by atoms with Crippen molar-refractivity contribution in [2.24, 2.45) is 0 Å². The lowest BCUT2D eigenvalue weighted by Crippen LogP contribution is -2.61. The van der Waals surface area contributed by atoms with Gasteiger partial charge >= 0.3 is 23.9 Å². The van der Waals surface area contributed by atoms with Crippen LogP contribution in [0.4, 0.5) is 0 Å². The highest BCUT2D eigenvalue weighted by Gasteiger charge is 2.60. The summed E-state index contributed by atoms with van der Waals surface area (Å²) < 4.78 is 62.6. The smallest absolute Gasteiger partial charge is 0.303 e. The van der Waals surface area contributed by atoms with E-state index in [-0.39, 0.29) is 19.8 Å². The van der Waals surface area contributed by atoms with Crippen LogP contribution in [0.5, 0.6) is 0 Å². The maximum absolute atomic E-state index is 12.0. The molecule has 0 bridgehead atoms. The molecule has 46 heavy (non-hydrogen) atoms. The Bertz CT molecular complexity index is 1210. The van der Waals surface area contributed by atoms with Gasteiger partial charge in [-0.25, -0.2) is 0 Å². The van der Waals surface area contributed by atoms with Gasteiger partial charge in [-0.15, -0.1) is 0 Å². The summed E-state index contributed by atoms with van der Waals surface area (Å²) in [6.07, 6.45) is -11.8. The first-order valence-corrected chi connectivity index (χ1v) is 14.6. The molecule has 0 aromatic heterocycles. The fourth-order valence-electron chi connectivity index (χ4n) is 5.37. The van der Waals surface area contributed by atoms with Gasteiger partial charge in [0, 0.05) is 41.7 Å². The summed E-state index contributed by atoms with van der Waals surface area (Å²) in [7, 11) is 1.37. The molecular weight excluding hydrogens is 616 g/mol. The minimum absolute atomic E-state index is 0.124. The molecule has 4 rings (SSSR count). The van der Waals surface area contributed by atoms with Crippen molar-refractivity contribution in [2.75, 3.05) is 20.3 Å². The topological polar surface area (TPSA) is 190 Å². The SMILES string of the molecule is CO[C@H]1O[C@H](CO[C@]2(C)O[C@H]3O[C@H](COC(C)=O)[C@@H](OC(C)=O)[C@H](OC(C)=O)[C@H]3O2)[C@@H](O)[C@H](OC(C)=O)[C@H]1OCc1ccccc1. The van der Waals surface area contributed by atoms with Crippen LogP contribution in [0.3, 0.4) is 0 Å². The van der Waals surface area contributed by atoms with Crippen molar-refractivity contribution in [3.05, 3.63) is 35.9 Å². The summed E-state index contributed by atoms with van der Waals surface area (Å²) in [4.78, 5) is 47.5. The van der Waals surface area contributed by atoms with E-state index in [1.165, 1.54) is 27.9 Å². The monoisotopic (exact) mass is 656 g/mol. The molecule has 1 N–H and O–H groups in total. The number of aliphatic hydroxyl groups excluding tert-OH is 1. The Labute approximate surface area is 265 Å². The molecule has 0 spiro atoms. The van der Waals surface area contributed by atoms with E-state index in [1.807, 2.05) is 30.3 Å². The lowest BCUT2D eigenvalue weighted by Gasteiger charge is -2.43. The average Bonchev–Trinajstić information content (AvgIpc) is 3.33. The van der Waals surface area contributed by atoms with Crippen LogP contribution in [-0.4, -0.2) is 117 Å². The molecule has 3 aliphatic rings. The van der Waals surface area contributed by atoms with Crippen molar-refractivity contribution in [2.45, 2.75) is 109 Å². The van der Waals surface area contributed by atoms with Gasteiger partial charge in [-0.2, -0.15) is 0 Å². The summed E-state index contributed by atoms with van der Waals surface area (Å²) >= 11 is 0. The van der Waals surface area contributed by atoms with Crippen LogP contribution >= 0.6 is 0 Å². The summed E-state index contributed by atoms with van der Waals surface area (Å²) in [6, 6.07) is 9.24. The van der Waals surface area contributed by atoms with Crippen LogP contribution in [0.2, 0.25) is 0 Å². The van der Waals surface area contributed by atoms with Gasteiger partial charge in [0.25, 0.3) is 5.97 Å². The normalized spacial score (nSPS) is 35.5. The molecule has 256 valence electrons. The van der Waals surface area contributed by atoms with Gasteiger partial charge < -0.3 is 52.5 Å². The van der Waals surface area contributed by atoms with E-state index in [2.05, 4.69) is 0 Å². The quantitative estimate of drug-likeness (QED) is 0.241. The van der Waals surface area contributed by atoms with Gasteiger partial charge in [0.1, 0.15) is 31.0 Å². The number of aliphatic hydroxyl groups is 1. The van der Waals surface area contributed by atoms with E-state index >= 15 is 0 Å².